The number of benzene rings is 1. The van der Waals surface area contributed by atoms with Gasteiger partial charge in [-0.2, -0.15) is 0 Å². The Hall–Kier alpha value is -1.53. The highest BCUT2D eigenvalue weighted by Crippen LogP contribution is 2.16. The zero-order valence-electron chi connectivity index (χ0n) is 11.2. The molecule has 1 aromatic carbocycles. The van der Waals surface area contributed by atoms with Gasteiger partial charge in [-0.15, -0.1) is 10.2 Å². The van der Waals surface area contributed by atoms with E-state index in [0.29, 0.717) is 13.2 Å². The predicted octanol–water partition coefficient (Wildman–Crippen LogP) is 1.75. The van der Waals surface area contributed by atoms with Crippen molar-refractivity contribution in [3.63, 3.8) is 0 Å². The number of hydrogen-bond acceptors (Lipinski definition) is 5. The summed E-state index contributed by atoms with van der Waals surface area (Å²) >= 11 is 1.64. The first-order valence-electron chi connectivity index (χ1n) is 6.11. The van der Waals surface area contributed by atoms with E-state index in [0.717, 1.165) is 28.0 Å². The topological polar surface area (TPSA) is 66.0 Å². The maximum absolute atomic E-state index is 5.65. The van der Waals surface area contributed by atoms with E-state index in [4.69, 9.17) is 10.5 Å². The minimum atomic E-state index is 0.557. The molecule has 0 aliphatic carbocycles. The molecule has 0 saturated heterocycles. The number of ether oxygens (including phenoxy) is 1. The molecule has 0 amide bonds. The second-order valence-electron chi connectivity index (χ2n) is 4.13. The van der Waals surface area contributed by atoms with E-state index in [-0.39, 0.29) is 0 Å². The summed E-state index contributed by atoms with van der Waals surface area (Å²) < 4.78 is 7.63. The van der Waals surface area contributed by atoms with E-state index >= 15 is 0 Å². The summed E-state index contributed by atoms with van der Waals surface area (Å²) in [6, 6.07) is 7.85. The molecule has 19 heavy (non-hydrogen) atoms. The minimum Gasteiger partial charge on any atom is -0.493 e. The smallest absolute Gasteiger partial charge is 0.191 e. The molecule has 0 radical (unpaired) electrons. The zero-order chi connectivity index (χ0) is 13.7. The third kappa shape index (κ3) is 3.71. The second kappa shape index (κ2) is 6.58. The molecule has 0 fully saturated rings. The third-order valence-corrected chi connectivity index (χ3v) is 3.78. The summed E-state index contributed by atoms with van der Waals surface area (Å²) in [6.45, 7) is 3.13. The van der Waals surface area contributed by atoms with Gasteiger partial charge in [0.2, 0.25) is 0 Å². The molecule has 0 bridgehead atoms. The lowest BCUT2D eigenvalue weighted by Gasteiger charge is -2.06. The van der Waals surface area contributed by atoms with E-state index < -0.39 is 0 Å². The summed E-state index contributed by atoms with van der Waals surface area (Å²) in [6.07, 6.45) is 0. The zero-order valence-corrected chi connectivity index (χ0v) is 12.0. The Labute approximate surface area is 117 Å². The van der Waals surface area contributed by atoms with Gasteiger partial charge < -0.3 is 15.0 Å². The van der Waals surface area contributed by atoms with E-state index in [2.05, 4.69) is 10.2 Å². The van der Waals surface area contributed by atoms with Gasteiger partial charge >= 0.3 is 0 Å². The van der Waals surface area contributed by atoms with Crippen LogP contribution >= 0.6 is 11.8 Å². The average molecular weight is 278 g/mol. The van der Waals surface area contributed by atoms with E-state index in [1.54, 1.807) is 11.8 Å². The van der Waals surface area contributed by atoms with E-state index in [9.17, 15) is 0 Å². The summed E-state index contributed by atoms with van der Waals surface area (Å²) in [5.74, 6) is 2.62. The van der Waals surface area contributed by atoms with Crippen LogP contribution in [0.3, 0.4) is 0 Å². The maximum atomic E-state index is 5.65. The highest BCUT2D eigenvalue weighted by atomic mass is 32.2. The van der Waals surface area contributed by atoms with Crippen molar-refractivity contribution in [2.24, 2.45) is 12.8 Å². The van der Waals surface area contributed by atoms with Crippen LogP contribution in [0.1, 0.15) is 11.4 Å². The summed E-state index contributed by atoms with van der Waals surface area (Å²) in [4.78, 5) is 0. The van der Waals surface area contributed by atoms with Crippen molar-refractivity contribution >= 4 is 11.8 Å². The number of hydrogen-bond donors (Lipinski definition) is 1. The van der Waals surface area contributed by atoms with Crippen LogP contribution in [0.4, 0.5) is 0 Å². The fourth-order valence-corrected chi connectivity index (χ4v) is 2.30. The van der Waals surface area contributed by atoms with Gasteiger partial charge in [0, 0.05) is 19.3 Å². The second-order valence-corrected chi connectivity index (χ2v) is 5.20. The highest BCUT2D eigenvalue weighted by molar-refractivity contribution is 7.99. The van der Waals surface area contributed by atoms with Gasteiger partial charge in [0.1, 0.15) is 11.6 Å². The van der Waals surface area contributed by atoms with E-state index in [1.807, 2.05) is 42.8 Å². The molecule has 0 unspecified atom stereocenters. The Morgan fingerprint density at radius 2 is 2.00 bits per heavy atom. The van der Waals surface area contributed by atoms with Crippen LogP contribution < -0.4 is 10.5 Å². The van der Waals surface area contributed by atoms with Gasteiger partial charge in [0.25, 0.3) is 0 Å². The Morgan fingerprint density at radius 1 is 1.26 bits per heavy atom. The molecule has 2 N–H and O–H groups in total. The molecule has 6 heteroatoms. The molecule has 0 aliphatic heterocycles. The number of aromatic nitrogens is 3. The van der Waals surface area contributed by atoms with Crippen molar-refractivity contribution in [1.82, 2.24) is 14.8 Å². The molecule has 102 valence electrons. The first-order chi connectivity index (χ1) is 9.20. The van der Waals surface area contributed by atoms with Crippen LogP contribution in [0, 0.1) is 6.92 Å². The van der Waals surface area contributed by atoms with Crippen molar-refractivity contribution in [3.8, 4) is 5.75 Å². The summed E-state index contributed by atoms with van der Waals surface area (Å²) in [5, 5.41) is 9.02. The number of nitrogens with two attached hydrogens (primary N) is 1. The first kappa shape index (κ1) is 13.9. The molecule has 0 atom stereocenters. The normalized spacial score (nSPS) is 10.7. The molecule has 0 aliphatic rings. The molecule has 1 heterocycles. The third-order valence-electron chi connectivity index (χ3n) is 2.79. The van der Waals surface area contributed by atoms with Crippen LogP contribution in [0.5, 0.6) is 5.75 Å². The van der Waals surface area contributed by atoms with Gasteiger partial charge in [-0.25, -0.2) is 0 Å². The minimum absolute atomic E-state index is 0.557. The molecular weight excluding hydrogens is 260 g/mol. The average Bonchev–Trinajstić information content (AvgIpc) is 2.76. The maximum Gasteiger partial charge on any atom is 0.191 e. The van der Waals surface area contributed by atoms with Crippen molar-refractivity contribution in [1.29, 1.82) is 0 Å². The van der Waals surface area contributed by atoms with Crippen LogP contribution in [-0.2, 0) is 13.6 Å². The Bertz CT molecular complexity index is 524. The summed E-state index contributed by atoms with van der Waals surface area (Å²) in [5.41, 5.74) is 6.65. The Morgan fingerprint density at radius 3 is 2.58 bits per heavy atom. The molecule has 2 rings (SSSR count). The van der Waals surface area contributed by atoms with Gasteiger partial charge in [-0.1, -0.05) is 23.9 Å². The lowest BCUT2D eigenvalue weighted by Crippen LogP contribution is -2.02. The van der Waals surface area contributed by atoms with E-state index in [1.165, 1.54) is 0 Å². The number of aryl methyl sites for hydroxylation is 1. The predicted molar refractivity (Wildman–Crippen MR) is 76.3 cm³/mol. The molecule has 2 aromatic rings. The molecular formula is C13H18N4OS. The largest absolute Gasteiger partial charge is 0.493 e. The van der Waals surface area contributed by atoms with Crippen LogP contribution in [0.2, 0.25) is 0 Å². The van der Waals surface area contributed by atoms with Gasteiger partial charge in [-0.3, -0.25) is 0 Å². The summed E-state index contributed by atoms with van der Waals surface area (Å²) in [7, 11) is 1.96. The van der Waals surface area contributed by atoms with Crippen molar-refractivity contribution in [3.05, 3.63) is 35.7 Å². The van der Waals surface area contributed by atoms with Crippen molar-refractivity contribution in [2.45, 2.75) is 18.6 Å². The van der Waals surface area contributed by atoms with Gasteiger partial charge in [0.05, 0.1) is 6.61 Å². The molecule has 5 nitrogen and oxygen atoms in total. The quantitative estimate of drug-likeness (QED) is 0.644. The Kier molecular flexibility index (Phi) is 4.81. The highest BCUT2D eigenvalue weighted by Gasteiger charge is 2.04. The fraction of sp³-hybridized carbons (Fsp3) is 0.385. The van der Waals surface area contributed by atoms with Crippen LogP contribution in [0.15, 0.2) is 29.4 Å². The molecule has 0 spiro atoms. The molecule has 1 aromatic heterocycles. The standard InChI is InChI=1S/C13H18N4OS/c1-10-15-16-13(17(10)2)19-8-7-18-12-5-3-11(9-14)4-6-12/h3-6H,7-9,14H2,1-2H3. The van der Waals surface area contributed by atoms with Gasteiger partial charge in [0.15, 0.2) is 5.16 Å². The Balaban J connectivity index is 1.76. The SMILES string of the molecule is Cc1nnc(SCCOc2ccc(CN)cc2)n1C. The lowest BCUT2D eigenvalue weighted by atomic mass is 10.2. The monoisotopic (exact) mass is 278 g/mol. The van der Waals surface area contributed by atoms with Crippen molar-refractivity contribution < 1.29 is 4.74 Å². The lowest BCUT2D eigenvalue weighted by molar-refractivity contribution is 0.343. The first-order valence-corrected chi connectivity index (χ1v) is 7.10. The van der Waals surface area contributed by atoms with Crippen LogP contribution in [0.25, 0.3) is 0 Å². The van der Waals surface area contributed by atoms with Crippen molar-refractivity contribution in [2.75, 3.05) is 12.4 Å². The number of nitrogens with zero attached hydrogens (tertiary/aromatic N) is 3. The number of rotatable bonds is 6. The van der Waals surface area contributed by atoms with Crippen LogP contribution in [-0.4, -0.2) is 27.1 Å². The molecule has 0 saturated carbocycles. The van der Waals surface area contributed by atoms with Gasteiger partial charge in [-0.05, 0) is 24.6 Å². The number of thioether (sulfide) groups is 1. The fourth-order valence-electron chi connectivity index (χ4n) is 1.53.